The Hall–Kier alpha value is -1.39. The van der Waals surface area contributed by atoms with Crippen molar-refractivity contribution in [2.75, 3.05) is 6.61 Å². The zero-order valence-corrected chi connectivity index (χ0v) is 16.2. The molecule has 1 fully saturated rings. The number of fused-ring (bicyclic) bond motifs is 1. The van der Waals surface area contributed by atoms with Gasteiger partial charge in [-0.15, -0.1) is 0 Å². The largest absolute Gasteiger partial charge is 0.378 e. The van der Waals surface area contributed by atoms with Gasteiger partial charge in [0.2, 0.25) is 5.91 Å². The predicted octanol–water partition coefficient (Wildman–Crippen LogP) is 3.45. The van der Waals surface area contributed by atoms with Crippen molar-refractivity contribution in [1.29, 1.82) is 0 Å². The average molecular weight is 344 g/mol. The summed E-state index contributed by atoms with van der Waals surface area (Å²) in [5.74, 6) is -0.0482. The van der Waals surface area contributed by atoms with E-state index in [1.54, 1.807) is 0 Å². The standard InChI is InChI=1S/C21H32N2O2/c1-6-25-17-13-21(22,20(17,4)5)18(24)23-16-11-12-19(2,3)15-10-8-7-9-14(15)16/h7-10,16-17H,6,11-13,22H2,1-5H3,(H,23,24). The number of nitrogens with one attached hydrogen (secondary N) is 1. The van der Waals surface area contributed by atoms with E-state index in [0.29, 0.717) is 13.0 Å². The van der Waals surface area contributed by atoms with Crippen LogP contribution in [0.1, 0.15) is 71.0 Å². The number of amides is 1. The Morgan fingerprint density at radius 2 is 1.96 bits per heavy atom. The quantitative estimate of drug-likeness (QED) is 0.879. The minimum Gasteiger partial charge on any atom is -0.378 e. The lowest BCUT2D eigenvalue weighted by Crippen LogP contribution is -2.76. The molecule has 1 aromatic carbocycles. The van der Waals surface area contributed by atoms with Gasteiger partial charge in [0.25, 0.3) is 0 Å². The Balaban J connectivity index is 1.79. The average Bonchev–Trinajstić information content (AvgIpc) is 2.57. The summed E-state index contributed by atoms with van der Waals surface area (Å²) < 4.78 is 5.75. The van der Waals surface area contributed by atoms with Crippen LogP contribution in [-0.2, 0) is 14.9 Å². The van der Waals surface area contributed by atoms with Crippen LogP contribution in [0, 0.1) is 5.41 Å². The first kappa shape index (κ1) is 18.4. The smallest absolute Gasteiger partial charge is 0.241 e. The molecule has 0 aromatic heterocycles. The minimum atomic E-state index is -0.866. The fourth-order valence-electron chi connectivity index (χ4n) is 4.47. The Kier molecular flexibility index (Phi) is 4.49. The van der Waals surface area contributed by atoms with E-state index in [1.807, 2.05) is 20.8 Å². The number of hydrogen-bond donors (Lipinski definition) is 2. The molecule has 3 atom stereocenters. The van der Waals surface area contributed by atoms with E-state index < -0.39 is 5.54 Å². The second-order valence-corrected chi connectivity index (χ2v) is 8.88. The van der Waals surface area contributed by atoms with Crippen LogP contribution in [0.3, 0.4) is 0 Å². The molecule has 3 N–H and O–H groups in total. The minimum absolute atomic E-state index is 0.0408. The van der Waals surface area contributed by atoms with Gasteiger partial charge in [-0.25, -0.2) is 0 Å². The van der Waals surface area contributed by atoms with Crippen LogP contribution in [-0.4, -0.2) is 24.2 Å². The fourth-order valence-corrected chi connectivity index (χ4v) is 4.47. The molecule has 0 heterocycles. The maximum atomic E-state index is 13.1. The molecule has 1 saturated carbocycles. The second-order valence-electron chi connectivity index (χ2n) is 8.88. The molecule has 0 bridgehead atoms. The molecule has 25 heavy (non-hydrogen) atoms. The molecule has 2 aliphatic carbocycles. The number of carbonyl (C=O) groups is 1. The molecular formula is C21H32N2O2. The maximum Gasteiger partial charge on any atom is 0.241 e. The first-order valence-corrected chi connectivity index (χ1v) is 9.44. The van der Waals surface area contributed by atoms with Gasteiger partial charge in [0, 0.05) is 18.4 Å². The lowest BCUT2D eigenvalue weighted by atomic mass is 9.54. The summed E-state index contributed by atoms with van der Waals surface area (Å²) in [6.07, 6.45) is 2.63. The van der Waals surface area contributed by atoms with E-state index >= 15 is 0 Å². The number of benzene rings is 1. The van der Waals surface area contributed by atoms with E-state index in [0.717, 1.165) is 12.8 Å². The highest BCUT2D eigenvalue weighted by atomic mass is 16.5. The topological polar surface area (TPSA) is 64.3 Å². The molecule has 4 nitrogen and oxygen atoms in total. The summed E-state index contributed by atoms with van der Waals surface area (Å²) in [7, 11) is 0. The van der Waals surface area contributed by atoms with Gasteiger partial charge in [0.15, 0.2) is 0 Å². The van der Waals surface area contributed by atoms with Crippen molar-refractivity contribution in [1.82, 2.24) is 5.32 Å². The molecule has 138 valence electrons. The van der Waals surface area contributed by atoms with Gasteiger partial charge in [0.1, 0.15) is 5.54 Å². The first-order valence-electron chi connectivity index (χ1n) is 9.44. The van der Waals surface area contributed by atoms with Crippen LogP contribution in [0.4, 0.5) is 0 Å². The third kappa shape index (κ3) is 2.80. The zero-order valence-electron chi connectivity index (χ0n) is 16.2. The van der Waals surface area contributed by atoms with Crippen molar-refractivity contribution >= 4 is 5.91 Å². The van der Waals surface area contributed by atoms with Crippen LogP contribution in [0.2, 0.25) is 0 Å². The Morgan fingerprint density at radius 1 is 1.28 bits per heavy atom. The summed E-state index contributed by atoms with van der Waals surface area (Å²) in [5.41, 5.74) is 8.03. The van der Waals surface area contributed by atoms with Gasteiger partial charge in [-0.05, 0) is 36.3 Å². The molecule has 0 spiro atoms. The SMILES string of the molecule is CCOC1CC(N)(C(=O)NC2CCC(C)(C)c3ccccc32)C1(C)C. The van der Waals surface area contributed by atoms with Crippen LogP contribution in [0.25, 0.3) is 0 Å². The van der Waals surface area contributed by atoms with E-state index in [4.69, 9.17) is 10.5 Å². The fraction of sp³-hybridized carbons (Fsp3) is 0.667. The van der Waals surface area contributed by atoms with Gasteiger partial charge in [0.05, 0.1) is 12.1 Å². The number of hydrogen-bond acceptors (Lipinski definition) is 3. The van der Waals surface area contributed by atoms with Gasteiger partial charge in [-0.2, -0.15) is 0 Å². The van der Waals surface area contributed by atoms with Crippen molar-refractivity contribution in [3.63, 3.8) is 0 Å². The molecule has 4 heteroatoms. The highest BCUT2D eigenvalue weighted by molar-refractivity contribution is 5.89. The number of ether oxygens (including phenoxy) is 1. The molecule has 1 aromatic rings. The normalized spacial score (nSPS) is 32.4. The van der Waals surface area contributed by atoms with E-state index in [9.17, 15) is 4.79 Å². The number of nitrogens with two attached hydrogens (primary N) is 1. The molecule has 3 rings (SSSR count). The van der Waals surface area contributed by atoms with Gasteiger partial charge < -0.3 is 15.8 Å². The number of carbonyl (C=O) groups excluding carboxylic acids is 1. The van der Waals surface area contributed by atoms with E-state index in [-0.39, 0.29) is 28.9 Å². The Bertz CT molecular complexity index is 668. The summed E-state index contributed by atoms with van der Waals surface area (Å²) in [6.45, 7) is 11.2. The predicted molar refractivity (Wildman–Crippen MR) is 100 cm³/mol. The maximum absolute atomic E-state index is 13.1. The summed E-state index contributed by atoms with van der Waals surface area (Å²) in [4.78, 5) is 13.1. The van der Waals surface area contributed by atoms with E-state index in [2.05, 4.69) is 43.4 Å². The van der Waals surface area contributed by atoms with Crippen LogP contribution in [0.5, 0.6) is 0 Å². The van der Waals surface area contributed by atoms with Crippen molar-refractivity contribution in [2.24, 2.45) is 11.1 Å². The van der Waals surface area contributed by atoms with Crippen molar-refractivity contribution in [3.05, 3.63) is 35.4 Å². The molecule has 0 aliphatic heterocycles. The van der Waals surface area contributed by atoms with Gasteiger partial charge >= 0.3 is 0 Å². The number of rotatable bonds is 4. The summed E-state index contributed by atoms with van der Waals surface area (Å²) in [6, 6.07) is 8.50. The van der Waals surface area contributed by atoms with Gasteiger partial charge in [-0.3, -0.25) is 4.79 Å². The van der Waals surface area contributed by atoms with Crippen LogP contribution < -0.4 is 11.1 Å². The Morgan fingerprint density at radius 3 is 2.60 bits per heavy atom. The van der Waals surface area contributed by atoms with Crippen molar-refractivity contribution < 1.29 is 9.53 Å². The molecule has 3 unspecified atom stereocenters. The summed E-state index contributed by atoms with van der Waals surface area (Å²) in [5, 5.41) is 3.25. The lowest BCUT2D eigenvalue weighted by Gasteiger charge is -2.58. The summed E-state index contributed by atoms with van der Waals surface area (Å²) >= 11 is 0. The Labute approximate surface area is 151 Å². The zero-order chi connectivity index (χ0) is 18.5. The molecule has 2 aliphatic rings. The van der Waals surface area contributed by atoms with Gasteiger partial charge in [-0.1, -0.05) is 52.0 Å². The third-order valence-electron chi connectivity index (χ3n) is 6.66. The van der Waals surface area contributed by atoms with Crippen LogP contribution in [0.15, 0.2) is 24.3 Å². The van der Waals surface area contributed by atoms with E-state index in [1.165, 1.54) is 11.1 Å². The van der Waals surface area contributed by atoms with Crippen LogP contribution >= 0.6 is 0 Å². The van der Waals surface area contributed by atoms with Crippen molar-refractivity contribution in [3.8, 4) is 0 Å². The molecule has 0 radical (unpaired) electrons. The highest BCUT2D eigenvalue weighted by Crippen LogP contribution is 2.50. The second kappa shape index (κ2) is 6.10. The third-order valence-corrected chi connectivity index (χ3v) is 6.66. The molecule has 0 saturated heterocycles. The molecule has 1 amide bonds. The highest BCUT2D eigenvalue weighted by Gasteiger charge is 2.63. The lowest BCUT2D eigenvalue weighted by molar-refractivity contribution is -0.171. The monoisotopic (exact) mass is 344 g/mol. The first-order chi connectivity index (χ1) is 11.6. The van der Waals surface area contributed by atoms with Crippen molar-refractivity contribution in [2.45, 2.75) is 77.0 Å². The molecular weight excluding hydrogens is 312 g/mol.